The molecule has 5 nitrogen and oxygen atoms in total. The summed E-state index contributed by atoms with van der Waals surface area (Å²) in [6.07, 6.45) is 1.86. The van der Waals surface area contributed by atoms with Crippen molar-refractivity contribution in [2.45, 2.75) is 32.9 Å². The number of sulfonamides is 1. The summed E-state index contributed by atoms with van der Waals surface area (Å²) in [5, 5.41) is 3.04. The van der Waals surface area contributed by atoms with Crippen LogP contribution >= 0.6 is 0 Å². The van der Waals surface area contributed by atoms with Gasteiger partial charge >= 0.3 is 0 Å². The fraction of sp³-hybridized carbons (Fsp3) is 0.240. The molecule has 0 aromatic heterocycles. The van der Waals surface area contributed by atoms with Crippen molar-refractivity contribution in [2.75, 3.05) is 10.6 Å². The van der Waals surface area contributed by atoms with E-state index in [1.54, 1.807) is 36.4 Å². The number of amides is 1. The number of nitrogens with zero attached hydrogens (tertiary/aromatic N) is 1. The van der Waals surface area contributed by atoms with E-state index >= 15 is 0 Å². The highest BCUT2D eigenvalue weighted by Crippen LogP contribution is 2.23. The quantitative estimate of drug-likeness (QED) is 0.522. The van der Waals surface area contributed by atoms with Crippen LogP contribution in [0.3, 0.4) is 0 Å². The van der Waals surface area contributed by atoms with Crippen LogP contribution in [0.2, 0.25) is 0 Å². The highest BCUT2D eigenvalue weighted by Gasteiger charge is 2.19. The fourth-order valence-corrected chi connectivity index (χ4v) is 4.28. The summed E-state index contributed by atoms with van der Waals surface area (Å²) in [6, 6.07) is 20.0. The van der Waals surface area contributed by atoms with Gasteiger partial charge in [-0.3, -0.25) is 9.10 Å². The molecule has 1 N–H and O–H groups in total. The van der Waals surface area contributed by atoms with E-state index in [1.165, 1.54) is 16.4 Å². The molecule has 3 rings (SSSR count). The van der Waals surface area contributed by atoms with Crippen molar-refractivity contribution in [3.8, 4) is 0 Å². The number of aryl methyl sites for hydroxylation is 1. The van der Waals surface area contributed by atoms with E-state index < -0.39 is 10.0 Å². The Morgan fingerprint density at radius 2 is 1.56 bits per heavy atom. The van der Waals surface area contributed by atoms with Crippen LogP contribution in [0.25, 0.3) is 0 Å². The highest BCUT2D eigenvalue weighted by atomic mass is 32.2. The number of rotatable bonds is 8. The number of carbonyl (C=O) groups excluding carboxylic acids is 1. The Morgan fingerprint density at radius 1 is 0.969 bits per heavy atom. The lowest BCUT2D eigenvalue weighted by molar-refractivity contribution is 0.0935. The summed E-state index contributed by atoms with van der Waals surface area (Å²) < 4.78 is 39.1. The van der Waals surface area contributed by atoms with E-state index in [0.717, 1.165) is 23.8 Å². The molecule has 1 amide bonds. The van der Waals surface area contributed by atoms with Gasteiger partial charge in [0.15, 0.2) is 0 Å². The smallest absolute Gasteiger partial charge is 0.251 e. The van der Waals surface area contributed by atoms with Crippen molar-refractivity contribution in [3.05, 3.63) is 101 Å². The first kappa shape index (κ1) is 23.5. The minimum Gasteiger partial charge on any atom is -0.345 e. The van der Waals surface area contributed by atoms with Crippen LogP contribution in [0.4, 0.5) is 10.1 Å². The third-order valence-corrected chi connectivity index (χ3v) is 6.39. The third kappa shape index (κ3) is 5.95. The number of halogens is 1. The van der Waals surface area contributed by atoms with Crippen molar-refractivity contribution < 1.29 is 17.6 Å². The Balaban J connectivity index is 1.77. The summed E-state index contributed by atoms with van der Waals surface area (Å²) in [5.74, 6) is -0.612. The summed E-state index contributed by atoms with van der Waals surface area (Å²) >= 11 is 0. The van der Waals surface area contributed by atoms with Gasteiger partial charge in [0.05, 0.1) is 24.5 Å². The molecule has 7 heteroatoms. The number of hydrogen-bond donors (Lipinski definition) is 1. The third-order valence-electron chi connectivity index (χ3n) is 5.25. The maximum atomic E-state index is 13.2. The second-order valence-corrected chi connectivity index (χ2v) is 9.69. The van der Waals surface area contributed by atoms with E-state index in [-0.39, 0.29) is 24.3 Å². The van der Waals surface area contributed by atoms with E-state index in [1.807, 2.05) is 38.1 Å². The minimum absolute atomic E-state index is 0.0655. The normalized spacial score (nSPS) is 12.2. The summed E-state index contributed by atoms with van der Waals surface area (Å²) in [4.78, 5) is 12.8. The van der Waals surface area contributed by atoms with E-state index in [9.17, 15) is 17.6 Å². The highest BCUT2D eigenvalue weighted by molar-refractivity contribution is 7.92. The largest absolute Gasteiger partial charge is 0.345 e. The van der Waals surface area contributed by atoms with Gasteiger partial charge < -0.3 is 5.32 Å². The molecule has 0 aliphatic rings. The second-order valence-electron chi connectivity index (χ2n) is 7.79. The zero-order valence-electron chi connectivity index (χ0n) is 18.4. The lowest BCUT2D eigenvalue weighted by Gasteiger charge is -2.23. The molecule has 168 valence electrons. The van der Waals surface area contributed by atoms with Gasteiger partial charge in [0.2, 0.25) is 10.0 Å². The molecule has 32 heavy (non-hydrogen) atoms. The number of anilines is 1. The Labute approximate surface area is 188 Å². The van der Waals surface area contributed by atoms with Gasteiger partial charge in [0, 0.05) is 5.56 Å². The average Bonchev–Trinajstić information content (AvgIpc) is 2.77. The van der Waals surface area contributed by atoms with Gasteiger partial charge in [-0.15, -0.1) is 0 Å². The molecule has 1 unspecified atom stereocenters. The van der Waals surface area contributed by atoms with Gasteiger partial charge in [0.1, 0.15) is 5.82 Å². The van der Waals surface area contributed by atoms with Crippen LogP contribution in [-0.4, -0.2) is 20.6 Å². The van der Waals surface area contributed by atoms with Crippen LogP contribution in [0.5, 0.6) is 0 Å². The van der Waals surface area contributed by atoms with Crippen molar-refractivity contribution >= 4 is 21.6 Å². The first-order valence-corrected chi connectivity index (χ1v) is 12.2. The maximum Gasteiger partial charge on any atom is 0.251 e. The minimum atomic E-state index is -3.58. The molecule has 0 radical (unpaired) electrons. The molecule has 3 aromatic carbocycles. The molecule has 0 bridgehead atoms. The Bertz CT molecular complexity index is 1160. The number of hydrogen-bond acceptors (Lipinski definition) is 3. The molecule has 0 fully saturated rings. The van der Waals surface area contributed by atoms with Crippen molar-refractivity contribution in [1.82, 2.24) is 5.32 Å². The molecule has 0 spiro atoms. The van der Waals surface area contributed by atoms with Crippen LogP contribution in [0.15, 0.2) is 72.8 Å². The number of benzene rings is 3. The Kier molecular flexibility index (Phi) is 7.30. The summed E-state index contributed by atoms with van der Waals surface area (Å²) in [7, 11) is -3.58. The van der Waals surface area contributed by atoms with Crippen molar-refractivity contribution in [3.63, 3.8) is 0 Å². The monoisotopic (exact) mass is 454 g/mol. The summed E-state index contributed by atoms with van der Waals surface area (Å²) in [6.45, 7) is 4.09. The Morgan fingerprint density at radius 3 is 2.09 bits per heavy atom. The standard InChI is InChI=1S/C25H27FN2O3S/c1-4-24(20-9-5-18(2)6-10-20)27-25(29)21-11-15-23(16-12-21)28(32(3,30)31)17-19-7-13-22(26)14-8-19/h5-16,24H,4,17H2,1-3H3,(H,27,29). The van der Waals surface area contributed by atoms with Crippen molar-refractivity contribution in [2.24, 2.45) is 0 Å². The molecular weight excluding hydrogens is 427 g/mol. The zero-order valence-corrected chi connectivity index (χ0v) is 19.2. The van der Waals surface area contributed by atoms with Crippen LogP contribution in [0.1, 0.15) is 46.4 Å². The van der Waals surface area contributed by atoms with Crippen LogP contribution in [-0.2, 0) is 16.6 Å². The zero-order chi connectivity index (χ0) is 23.3. The van der Waals surface area contributed by atoms with Crippen LogP contribution in [0, 0.1) is 12.7 Å². The van der Waals surface area contributed by atoms with Gasteiger partial charge in [-0.05, 0) is 60.9 Å². The van der Waals surface area contributed by atoms with Gasteiger partial charge in [-0.25, -0.2) is 12.8 Å². The van der Waals surface area contributed by atoms with E-state index in [0.29, 0.717) is 16.8 Å². The predicted octanol–water partition coefficient (Wildman–Crippen LogP) is 4.98. The molecule has 1 atom stereocenters. The molecule has 0 aliphatic carbocycles. The van der Waals surface area contributed by atoms with Gasteiger partial charge in [-0.1, -0.05) is 48.9 Å². The molecule has 0 heterocycles. The molecule has 0 aliphatic heterocycles. The summed E-state index contributed by atoms with van der Waals surface area (Å²) in [5.41, 5.74) is 3.71. The number of nitrogens with one attached hydrogen (secondary N) is 1. The fourth-order valence-electron chi connectivity index (χ4n) is 3.40. The molecule has 3 aromatic rings. The van der Waals surface area contributed by atoms with Crippen molar-refractivity contribution in [1.29, 1.82) is 0 Å². The van der Waals surface area contributed by atoms with Gasteiger partial charge in [0.25, 0.3) is 5.91 Å². The SMILES string of the molecule is CCC(NC(=O)c1ccc(N(Cc2ccc(F)cc2)S(C)(=O)=O)cc1)c1ccc(C)cc1. The first-order valence-electron chi connectivity index (χ1n) is 10.4. The first-order chi connectivity index (χ1) is 15.2. The van der Waals surface area contributed by atoms with Gasteiger partial charge in [-0.2, -0.15) is 0 Å². The predicted molar refractivity (Wildman–Crippen MR) is 126 cm³/mol. The average molecular weight is 455 g/mol. The topological polar surface area (TPSA) is 66.5 Å². The molecule has 0 saturated carbocycles. The molecule has 0 saturated heterocycles. The Hall–Kier alpha value is -3.19. The lowest BCUT2D eigenvalue weighted by Crippen LogP contribution is -2.30. The maximum absolute atomic E-state index is 13.2. The van der Waals surface area contributed by atoms with E-state index in [4.69, 9.17) is 0 Å². The lowest BCUT2D eigenvalue weighted by atomic mass is 10.0. The molecular formula is C25H27FN2O3S. The van der Waals surface area contributed by atoms with E-state index in [2.05, 4.69) is 5.32 Å². The second kappa shape index (κ2) is 9.96. The van der Waals surface area contributed by atoms with Crippen LogP contribution < -0.4 is 9.62 Å². The number of carbonyl (C=O) groups is 1.